The van der Waals surface area contributed by atoms with Crippen molar-refractivity contribution >= 4 is 35.6 Å². The lowest BCUT2D eigenvalue weighted by Crippen LogP contribution is -2.36. The molecule has 128 valence electrons. The molecule has 1 aliphatic rings. The molecule has 23 heavy (non-hydrogen) atoms. The molecule has 5 heteroatoms. The fraction of sp³-hybridized carbons (Fsp3) is 0.444. The van der Waals surface area contributed by atoms with Crippen molar-refractivity contribution in [3.63, 3.8) is 0 Å². The first-order valence-corrected chi connectivity index (χ1v) is 7.68. The molecule has 0 amide bonds. The van der Waals surface area contributed by atoms with E-state index in [0.29, 0.717) is 0 Å². The third-order valence-electron chi connectivity index (χ3n) is 4.05. The van der Waals surface area contributed by atoms with E-state index in [-0.39, 0.29) is 24.8 Å². The predicted octanol–water partition coefficient (Wildman–Crippen LogP) is 3.58. The van der Waals surface area contributed by atoms with Crippen LogP contribution in [0.3, 0.4) is 0 Å². The van der Waals surface area contributed by atoms with Gasteiger partial charge in [0.25, 0.3) is 0 Å². The molecule has 0 bridgehead atoms. The molecule has 0 saturated carbocycles. The smallest absolute Gasteiger partial charge is 0.0594 e. The summed E-state index contributed by atoms with van der Waals surface area (Å²) in [5, 5.41) is 2.67. The molecule has 3 rings (SSSR count). The van der Waals surface area contributed by atoms with Gasteiger partial charge in [-0.25, -0.2) is 0 Å². The predicted molar refractivity (Wildman–Crippen MR) is 102 cm³/mol. The van der Waals surface area contributed by atoms with Crippen molar-refractivity contribution < 1.29 is 4.74 Å². The van der Waals surface area contributed by atoms with Gasteiger partial charge in [-0.3, -0.25) is 4.90 Å². The number of ether oxygens (including phenoxy) is 1. The first kappa shape index (κ1) is 20.2. The second kappa shape index (κ2) is 9.45. The van der Waals surface area contributed by atoms with Gasteiger partial charge in [0.1, 0.15) is 0 Å². The zero-order chi connectivity index (χ0) is 14.7. The molecule has 1 aliphatic heterocycles. The number of halogens is 2. The summed E-state index contributed by atoms with van der Waals surface area (Å²) in [6.07, 6.45) is 0. The van der Waals surface area contributed by atoms with E-state index in [1.54, 1.807) is 0 Å². The normalized spacial score (nSPS) is 15.3. The Labute approximate surface area is 151 Å². The Morgan fingerprint density at radius 2 is 1.52 bits per heavy atom. The van der Waals surface area contributed by atoms with Crippen LogP contribution < -0.4 is 0 Å². The van der Waals surface area contributed by atoms with Crippen LogP contribution in [-0.2, 0) is 17.8 Å². The maximum Gasteiger partial charge on any atom is 0.0594 e. The van der Waals surface area contributed by atoms with Crippen LogP contribution in [0.1, 0.15) is 11.1 Å². The molecule has 1 saturated heterocycles. The number of benzene rings is 2. The van der Waals surface area contributed by atoms with Crippen molar-refractivity contribution in [3.8, 4) is 0 Å². The molecule has 2 aromatic carbocycles. The number of fused-ring (bicyclic) bond motifs is 1. The van der Waals surface area contributed by atoms with Crippen LogP contribution in [-0.4, -0.2) is 50.2 Å². The fourth-order valence-electron chi connectivity index (χ4n) is 2.97. The molecule has 1 heterocycles. The highest BCUT2D eigenvalue weighted by atomic mass is 35.5. The van der Waals surface area contributed by atoms with Crippen LogP contribution >= 0.6 is 24.8 Å². The van der Waals surface area contributed by atoms with Crippen molar-refractivity contribution in [1.82, 2.24) is 9.80 Å². The minimum atomic E-state index is 0. The molecule has 0 N–H and O–H groups in total. The summed E-state index contributed by atoms with van der Waals surface area (Å²) in [5.74, 6) is 0. The number of hydrogen-bond acceptors (Lipinski definition) is 3. The van der Waals surface area contributed by atoms with E-state index >= 15 is 0 Å². The van der Waals surface area contributed by atoms with Crippen molar-refractivity contribution in [2.24, 2.45) is 0 Å². The van der Waals surface area contributed by atoms with Crippen molar-refractivity contribution in [1.29, 1.82) is 0 Å². The largest absolute Gasteiger partial charge is 0.379 e. The zero-order valence-corrected chi connectivity index (χ0v) is 15.5. The number of nitrogens with zero attached hydrogens (tertiary/aromatic N) is 2. The molecule has 0 aliphatic carbocycles. The van der Waals surface area contributed by atoms with Crippen LogP contribution in [0, 0.1) is 0 Å². The first-order chi connectivity index (χ1) is 10.2. The van der Waals surface area contributed by atoms with Gasteiger partial charge in [-0.2, -0.15) is 0 Å². The minimum Gasteiger partial charge on any atom is -0.379 e. The van der Waals surface area contributed by atoms with Crippen LogP contribution in [0.2, 0.25) is 0 Å². The lowest BCUT2D eigenvalue weighted by molar-refractivity contribution is 0.0340. The Bertz CT molecular complexity index is 613. The van der Waals surface area contributed by atoms with E-state index in [0.717, 1.165) is 39.4 Å². The molecule has 0 atom stereocenters. The molecule has 1 fully saturated rings. The molecule has 0 unspecified atom stereocenters. The van der Waals surface area contributed by atoms with Crippen molar-refractivity contribution in [3.05, 3.63) is 47.5 Å². The second-order valence-electron chi connectivity index (χ2n) is 6.09. The summed E-state index contributed by atoms with van der Waals surface area (Å²) in [6, 6.07) is 13.4. The minimum absolute atomic E-state index is 0. The number of morpholine rings is 1. The Morgan fingerprint density at radius 1 is 0.957 bits per heavy atom. The van der Waals surface area contributed by atoms with Gasteiger partial charge in [0.2, 0.25) is 0 Å². The Kier molecular flexibility index (Phi) is 8.31. The average Bonchev–Trinajstić information content (AvgIpc) is 2.48. The average molecular weight is 357 g/mol. The lowest BCUT2D eigenvalue weighted by atomic mass is 10.00. The SMILES string of the molecule is CN(C)Cc1cc2ccccc2cc1CN1CCOCC1.Cl.Cl. The van der Waals surface area contributed by atoms with E-state index < -0.39 is 0 Å². The summed E-state index contributed by atoms with van der Waals surface area (Å²) >= 11 is 0. The Morgan fingerprint density at radius 3 is 2.09 bits per heavy atom. The summed E-state index contributed by atoms with van der Waals surface area (Å²) < 4.78 is 5.45. The van der Waals surface area contributed by atoms with Crippen LogP contribution in [0.15, 0.2) is 36.4 Å². The van der Waals surface area contributed by atoms with Gasteiger partial charge >= 0.3 is 0 Å². The molecular weight excluding hydrogens is 331 g/mol. The van der Waals surface area contributed by atoms with Crippen LogP contribution in [0.25, 0.3) is 10.8 Å². The Hall–Kier alpha value is -0.840. The first-order valence-electron chi connectivity index (χ1n) is 7.68. The maximum atomic E-state index is 5.45. The van der Waals surface area contributed by atoms with E-state index in [1.165, 1.54) is 21.9 Å². The van der Waals surface area contributed by atoms with E-state index in [2.05, 4.69) is 60.3 Å². The van der Waals surface area contributed by atoms with Crippen LogP contribution in [0.5, 0.6) is 0 Å². The second-order valence-corrected chi connectivity index (χ2v) is 6.09. The summed E-state index contributed by atoms with van der Waals surface area (Å²) in [4.78, 5) is 4.74. The molecular formula is C18H26Cl2N2O. The van der Waals surface area contributed by atoms with E-state index in [9.17, 15) is 0 Å². The standard InChI is InChI=1S/C18H24N2O.2ClH/c1-19(2)13-17-11-15-5-3-4-6-16(15)12-18(17)14-20-7-9-21-10-8-20;;/h3-6,11-12H,7-10,13-14H2,1-2H3;2*1H. The summed E-state index contributed by atoms with van der Waals surface area (Å²) in [5.41, 5.74) is 2.88. The fourth-order valence-corrected chi connectivity index (χ4v) is 2.97. The van der Waals surface area contributed by atoms with Gasteiger partial charge in [0.15, 0.2) is 0 Å². The number of rotatable bonds is 4. The zero-order valence-electron chi connectivity index (χ0n) is 13.8. The molecule has 2 aromatic rings. The molecule has 3 nitrogen and oxygen atoms in total. The van der Waals surface area contributed by atoms with Gasteiger partial charge in [-0.15, -0.1) is 24.8 Å². The summed E-state index contributed by atoms with van der Waals surface area (Å²) in [6.45, 7) is 5.80. The van der Waals surface area contributed by atoms with Gasteiger partial charge in [-0.05, 0) is 48.1 Å². The molecule has 0 radical (unpaired) electrons. The highest BCUT2D eigenvalue weighted by Crippen LogP contribution is 2.22. The molecule has 0 aromatic heterocycles. The van der Waals surface area contributed by atoms with E-state index in [1.807, 2.05) is 0 Å². The lowest BCUT2D eigenvalue weighted by Gasteiger charge is -2.28. The third-order valence-corrected chi connectivity index (χ3v) is 4.05. The highest BCUT2D eigenvalue weighted by molar-refractivity contribution is 5.85. The highest BCUT2D eigenvalue weighted by Gasteiger charge is 2.14. The summed E-state index contributed by atoms with van der Waals surface area (Å²) in [7, 11) is 4.27. The van der Waals surface area contributed by atoms with Gasteiger partial charge in [-0.1, -0.05) is 24.3 Å². The monoisotopic (exact) mass is 356 g/mol. The van der Waals surface area contributed by atoms with Gasteiger partial charge < -0.3 is 9.64 Å². The number of hydrogen-bond donors (Lipinski definition) is 0. The molecule has 0 spiro atoms. The van der Waals surface area contributed by atoms with Gasteiger partial charge in [0, 0.05) is 26.2 Å². The van der Waals surface area contributed by atoms with E-state index in [4.69, 9.17) is 4.74 Å². The topological polar surface area (TPSA) is 15.7 Å². The third kappa shape index (κ3) is 5.33. The van der Waals surface area contributed by atoms with Gasteiger partial charge in [0.05, 0.1) is 13.2 Å². The van der Waals surface area contributed by atoms with Crippen molar-refractivity contribution in [2.75, 3.05) is 40.4 Å². The van der Waals surface area contributed by atoms with Crippen LogP contribution in [0.4, 0.5) is 0 Å². The quantitative estimate of drug-likeness (QED) is 0.832. The maximum absolute atomic E-state index is 5.45. The Balaban J connectivity index is 0.00000132. The van der Waals surface area contributed by atoms with Crippen molar-refractivity contribution in [2.45, 2.75) is 13.1 Å².